The molecule has 0 fully saturated rings. The molecular weight excluding hydrogens is 364 g/mol. The molecule has 6 aromatic rings. The molecule has 140 valence electrons. The number of rotatable bonds is 2. The van der Waals surface area contributed by atoms with Gasteiger partial charge in [-0.1, -0.05) is 6.07 Å². The van der Waals surface area contributed by atoms with Crippen molar-refractivity contribution in [2.75, 3.05) is 11.5 Å². The minimum absolute atomic E-state index is 0.117. The monoisotopic (exact) mass is 380 g/mol. The van der Waals surface area contributed by atoms with E-state index in [9.17, 15) is 0 Å². The zero-order chi connectivity index (χ0) is 19.5. The van der Waals surface area contributed by atoms with Crippen LogP contribution in [0, 0.1) is 0 Å². The van der Waals surface area contributed by atoms with Crippen LogP contribution in [-0.2, 0) is 0 Å². The van der Waals surface area contributed by atoms with Gasteiger partial charge in [-0.15, -0.1) is 0 Å². The maximum atomic E-state index is 6.26. The van der Waals surface area contributed by atoms with Gasteiger partial charge in [0, 0.05) is 39.8 Å². The summed E-state index contributed by atoms with van der Waals surface area (Å²) < 4.78 is 1.77. The molecule has 0 unspecified atom stereocenters. The van der Waals surface area contributed by atoms with Gasteiger partial charge in [0.1, 0.15) is 11.5 Å². The molecule has 6 rings (SSSR count). The molecule has 8 heteroatoms. The number of nitrogens with two attached hydrogens (primary N) is 2. The fourth-order valence-electron chi connectivity index (χ4n) is 3.82. The summed E-state index contributed by atoms with van der Waals surface area (Å²) in [6.07, 6.45) is 3.82. The topological polar surface area (TPSA) is 127 Å². The van der Waals surface area contributed by atoms with Crippen LogP contribution in [0.25, 0.3) is 49.8 Å². The molecule has 29 heavy (non-hydrogen) atoms. The SMILES string of the molecule is Nc1nc(N)c2c(-c3ccc4[nH]ccc4c3)nn(-c3ccc4[nH]ccc4c3)c2n1. The molecule has 0 saturated carbocycles. The average molecular weight is 380 g/mol. The van der Waals surface area contributed by atoms with Gasteiger partial charge in [-0.2, -0.15) is 15.1 Å². The van der Waals surface area contributed by atoms with E-state index in [1.165, 1.54) is 0 Å². The van der Waals surface area contributed by atoms with Crippen molar-refractivity contribution < 1.29 is 0 Å². The number of hydrogen-bond donors (Lipinski definition) is 4. The van der Waals surface area contributed by atoms with E-state index in [1.54, 1.807) is 4.68 Å². The standard InChI is InChI=1S/C21H16N8/c22-19-17-18(13-1-3-15-11(9-13)5-7-24-15)28-29(20(17)27-21(23)26-19)14-2-4-16-12(10-14)6-8-25-16/h1-10,24-25H,(H4,22,23,26,27). The Morgan fingerprint density at radius 3 is 2.31 bits per heavy atom. The zero-order valence-electron chi connectivity index (χ0n) is 15.2. The van der Waals surface area contributed by atoms with Crippen molar-refractivity contribution in [3.63, 3.8) is 0 Å². The first kappa shape index (κ1) is 15.7. The van der Waals surface area contributed by atoms with Crippen LogP contribution in [0.4, 0.5) is 11.8 Å². The Labute approximate surface area is 164 Å². The van der Waals surface area contributed by atoms with E-state index in [0.29, 0.717) is 16.9 Å². The molecule has 8 nitrogen and oxygen atoms in total. The lowest BCUT2D eigenvalue weighted by Crippen LogP contribution is -2.03. The summed E-state index contributed by atoms with van der Waals surface area (Å²) in [4.78, 5) is 15.0. The van der Waals surface area contributed by atoms with Crippen LogP contribution < -0.4 is 11.5 Å². The van der Waals surface area contributed by atoms with Gasteiger partial charge in [-0.3, -0.25) is 0 Å². The number of H-pyrrole nitrogens is 2. The lowest BCUT2D eigenvalue weighted by atomic mass is 10.1. The van der Waals surface area contributed by atoms with Crippen LogP contribution in [0.5, 0.6) is 0 Å². The van der Waals surface area contributed by atoms with Crippen LogP contribution in [0.3, 0.4) is 0 Å². The van der Waals surface area contributed by atoms with Crippen LogP contribution in [-0.4, -0.2) is 29.7 Å². The predicted octanol–water partition coefficient (Wildman–Crippen LogP) is 3.61. The molecule has 0 aliphatic heterocycles. The minimum atomic E-state index is 0.117. The summed E-state index contributed by atoms with van der Waals surface area (Å²) in [6, 6.07) is 16.2. The Hall–Kier alpha value is -4.33. The van der Waals surface area contributed by atoms with Crippen LogP contribution in [0.2, 0.25) is 0 Å². The number of hydrogen-bond acceptors (Lipinski definition) is 5. The Morgan fingerprint density at radius 1 is 0.793 bits per heavy atom. The molecule has 0 amide bonds. The smallest absolute Gasteiger partial charge is 0.224 e. The molecule has 2 aromatic carbocycles. The quantitative estimate of drug-likeness (QED) is 0.365. The van der Waals surface area contributed by atoms with Gasteiger partial charge in [0.15, 0.2) is 5.65 Å². The molecule has 0 atom stereocenters. The highest BCUT2D eigenvalue weighted by atomic mass is 15.3. The van der Waals surface area contributed by atoms with Gasteiger partial charge in [0.2, 0.25) is 5.95 Å². The number of nitrogens with zero attached hydrogens (tertiary/aromatic N) is 4. The molecule has 6 N–H and O–H groups in total. The van der Waals surface area contributed by atoms with Crippen LogP contribution >= 0.6 is 0 Å². The van der Waals surface area contributed by atoms with Gasteiger partial charge < -0.3 is 21.4 Å². The zero-order valence-corrected chi connectivity index (χ0v) is 15.2. The van der Waals surface area contributed by atoms with Crippen molar-refractivity contribution in [2.45, 2.75) is 0 Å². The molecule has 4 heterocycles. The maximum absolute atomic E-state index is 6.26. The van der Waals surface area contributed by atoms with Crippen molar-refractivity contribution in [1.82, 2.24) is 29.7 Å². The van der Waals surface area contributed by atoms with Gasteiger partial charge in [0.25, 0.3) is 0 Å². The van der Waals surface area contributed by atoms with Crippen molar-refractivity contribution in [3.05, 3.63) is 60.9 Å². The van der Waals surface area contributed by atoms with Gasteiger partial charge in [-0.05, 0) is 42.5 Å². The van der Waals surface area contributed by atoms with Crippen molar-refractivity contribution in [2.24, 2.45) is 0 Å². The van der Waals surface area contributed by atoms with Crippen molar-refractivity contribution in [1.29, 1.82) is 0 Å². The fourth-order valence-corrected chi connectivity index (χ4v) is 3.82. The first-order chi connectivity index (χ1) is 14.2. The van der Waals surface area contributed by atoms with E-state index in [4.69, 9.17) is 16.6 Å². The number of nitrogen functional groups attached to an aromatic ring is 2. The van der Waals surface area contributed by atoms with E-state index in [1.807, 2.05) is 54.9 Å². The Morgan fingerprint density at radius 2 is 1.52 bits per heavy atom. The lowest BCUT2D eigenvalue weighted by Gasteiger charge is -2.04. The summed E-state index contributed by atoms with van der Waals surface area (Å²) in [6.45, 7) is 0. The number of benzene rings is 2. The van der Waals surface area contributed by atoms with Crippen LogP contribution in [0.1, 0.15) is 0 Å². The molecule has 0 spiro atoms. The number of nitrogens with one attached hydrogen (secondary N) is 2. The fraction of sp³-hybridized carbons (Fsp3) is 0. The third kappa shape index (κ3) is 2.29. The normalized spacial score (nSPS) is 11.7. The predicted molar refractivity (Wildman–Crippen MR) is 115 cm³/mol. The summed E-state index contributed by atoms with van der Waals surface area (Å²) >= 11 is 0. The second-order valence-electron chi connectivity index (χ2n) is 6.95. The first-order valence-electron chi connectivity index (χ1n) is 9.14. The minimum Gasteiger partial charge on any atom is -0.383 e. The highest BCUT2D eigenvalue weighted by Gasteiger charge is 2.19. The molecule has 0 bridgehead atoms. The number of anilines is 2. The highest BCUT2D eigenvalue weighted by molar-refractivity contribution is 6.01. The molecular formula is C21H16N8. The summed E-state index contributed by atoms with van der Waals surface area (Å²) in [5, 5.41) is 7.73. The van der Waals surface area contributed by atoms with Crippen molar-refractivity contribution in [3.8, 4) is 16.9 Å². The highest BCUT2D eigenvalue weighted by Crippen LogP contribution is 2.34. The van der Waals surface area contributed by atoms with E-state index >= 15 is 0 Å². The van der Waals surface area contributed by atoms with E-state index in [0.717, 1.165) is 38.8 Å². The van der Waals surface area contributed by atoms with Gasteiger partial charge in [0.05, 0.1) is 11.1 Å². The molecule has 0 aliphatic carbocycles. The molecule has 4 aromatic heterocycles. The third-order valence-electron chi connectivity index (χ3n) is 5.18. The average Bonchev–Trinajstić information content (AvgIpc) is 3.44. The van der Waals surface area contributed by atoms with Crippen LogP contribution in [0.15, 0.2) is 60.9 Å². The molecule has 0 radical (unpaired) electrons. The number of aromatic nitrogens is 6. The van der Waals surface area contributed by atoms with E-state index in [2.05, 4.69) is 26.0 Å². The maximum Gasteiger partial charge on any atom is 0.224 e. The number of fused-ring (bicyclic) bond motifs is 3. The second kappa shape index (κ2) is 5.59. The van der Waals surface area contributed by atoms with Gasteiger partial charge in [-0.25, -0.2) is 4.68 Å². The largest absolute Gasteiger partial charge is 0.383 e. The second-order valence-corrected chi connectivity index (χ2v) is 6.95. The summed E-state index contributed by atoms with van der Waals surface area (Å²) in [5.41, 5.74) is 17.4. The first-order valence-corrected chi connectivity index (χ1v) is 9.14. The molecule has 0 aliphatic rings. The third-order valence-corrected chi connectivity index (χ3v) is 5.18. The Balaban J connectivity index is 1.67. The summed E-state index contributed by atoms with van der Waals surface area (Å²) in [5.74, 6) is 0.428. The Kier molecular flexibility index (Phi) is 3.02. The van der Waals surface area contributed by atoms with Crippen molar-refractivity contribution >= 4 is 44.6 Å². The van der Waals surface area contributed by atoms with E-state index in [-0.39, 0.29) is 5.95 Å². The summed E-state index contributed by atoms with van der Waals surface area (Å²) in [7, 11) is 0. The number of aromatic amines is 2. The Bertz CT molecular complexity index is 1540. The molecule has 0 saturated heterocycles. The van der Waals surface area contributed by atoms with Gasteiger partial charge >= 0.3 is 0 Å². The lowest BCUT2D eigenvalue weighted by molar-refractivity contribution is 0.902. The van der Waals surface area contributed by atoms with E-state index < -0.39 is 0 Å².